The van der Waals surface area contributed by atoms with Crippen molar-refractivity contribution in [2.24, 2.45) is 11.7 Å². The molecule has 1 heterocycles. The van der Waals surface area contributed by atoms with Crippen LogP contribution in [0.1, 0.15) is 58.9 Å². The first-order valence-corrected chi connectivity index (χ1v) is 10.0. The standard InChI is InChI=1S/C22H29N3O5/c1-6-7-12-30-21(26)19-15(5)24(22(23)27)14(4)18(13(2)3)20(19)16-10-8-9-11-17(16)25(28)29/h8-11,13,20H,6-7,12H2,1-5H3,(H2,23,27). The lowest BCUT2D eigenvalue weighted by Crippen LogP contribution is -2.40. The van der Waals surface area contributed by atoms with Gasteiger partial charge in [0.25, 0.3) is 5.69 Å². The van der Waals surface area contributed by atoms with Gasteiger partial charge in [0.2, 0.25) is 0 Å². The third-order valence-corrected chi connectivity index (χ3v) is 5.32. The molecule has 0 fully saturated rings. The third-order valence-electron chi connectivity index (χ3n) is 5.32. The first kappa shape index (κ1) is 23.1. The van der Waals surface area contributed by atoms with Gasteiger partial charge >= 0.3 is 12.0 Å². The Kier molecular flexibility index (Phi) is 7.37. The van der Waals surface area contributed by atoms with Gasteiger partial charge in [-0.1, -0.05) is 45.4 Å². The van der Waals surface area contributed by atoms with Gasteiger partial charge in [-0.15, -0.1) is 0 Å². The second-order valence-corrected chi connectivity index (χ2v) is 7.61. The van der Waals surface area contributed by atoms with Gasteiger partial charge in [0.15, 0.2) is 0 Å². The van der Waals surface area contributed by atoms with Gasteiger partial charge in [-0.25, -0.2) is 9.59 Å². The Morgan fingerprint density at radius 3 is 2.40 bits per heavy atom. The average molecular weight is 415 g/mol. The van der Waals surface area contributed by atoms with Crippen LogP contribution in [0.5, 0.6) is 0 Å². The highest BCUT2D eigenvalue weighted by atomic mass is 16.6. The quantitative estimate of drug-likeness (QED) is 0.302. The van der Waals surface area contributed by atoms with Gasteiger partial charge in [0.05, 0.1) is 17.1 Å². The van der Waals surface area contributed by atoms with Crippen LogP contribution >= 0.6 is 0 Å². The number of primary amides is 1. The maximum Gasteiger partial charge on any atom is 0.336 e. The van der Waals surface area contributed by atoms with Crippen LogP contribution in [0, 0.1) is 16.0 Å². The van der Waals surface area contributed by atoms with E-state index < -0.39 is 22.8 Å². The van der Waals surface area contributed by atoms with Crippen LogP contribution in [-0.4, -0.2) is 28.4 Å². The summed E-state index contributed by atoms with van der Waals surface area (Å²) in [6.07, 6.45) is 1.54. The van der Waals surface area contributed by atoms with Gasteiger partial charge in [-0.3, -0.25) is 15.0 Å². The van der Waals surface area contributed by atoms with E-state index in [-0.39, 0.29) is 23.8 Å². The number of esters is 1. The first-order chi connectivity index (χ1) is 14.1. The first-order valence-electron chi connectivity index (χ1n) is 10.0. The number of carbonyl (C=O) groups excluding carboxylic acids is 2. The molecule has 1 aliphatic heterocycles. The van der Waals surface area contributed by atoms with Gasteiger partial charge < -0.3 is 10.5 Å². The molecule has 30 heavy (non-hydrogen) atoms. The number of nitrogens with zero attached hydrogens (tertiary/aromatic N) is 2. The number of unbranched alkanes of at least 4 members (excludes halogenated alkanes) is 1. The molecule has 8 heteroatoms. The van der Waals surface area contributed by atoms with Crippen molar-refractivity contribution in [3.8, 4) is 0 Å². The summed E-state index contributed by atoms with van der Waals surface area (Å²) in [7, 11) is 0. The van der Waals surface area contributed by atoms with Crippen LogP contribution in [-0.2, 0) is 9.53 Å². The highest BCUT2D eigenvalue weighted by Crippen LogP contribution is 2.47. The fourth-order valence-corrected chi connectivity index (χ4v) is 4.03. The van der Waals surface area contributed by atoms with Crippen molar-refractivity contribution in [2.45, 2.75) is 53.4 Å². The molecule has 2 amide bonds. The Balaban J connectivity index is 2.79. The fraction of sp³-hybridized carbons (Fsp3) is 0.455. The minimum Gasteiger partial charge on any atom is -0.462 e. The SMILES string of the molecule is CCCCOC(=O)C1=C(C)N(C(N)=O)C(C)=C(C(C)C)C1c1ccccc1[N+](=O)[O-]. The minimum absolute atomic E-state index is 0.0902. The Hall–Kier alpha value is -3.16. The molecule has 2 rings (SSSR count). The Morgan fingerprint density at radius 1 is 1.23 bits per heavy atom. The molecule has 0 radical (unpaired) electrons. The summed E-state index contributed by atoms with van der Waals surface area (Å²) in [6, 6.07) is 5.62. The zero-order chi connectivity index (χ0) is 22.6. The Bertz CT molecular complexity index is 917. The van der Waals surface area contributed by atoms with Gasteiger partial charge in [0.1, 0.15) is 0 Å². The molecule has 8 nitrogen and oxygen atoms in total. The van der Waals surface area contributed by atoms with E-state index >= 15 is 0 Å². The molecule has 0 aromatic heterocycles. The molecular formula is C22H29N3O5. The molecule has 162 valence electrons. The van der Waals surface area contributed by atoms with Crippen molar-refractivity contribution in [2.75, 3.05) is 6.61 Å². The average Bonchev–Trinajstić information content (AvgIpc) is 2.66. The van der Waals surface area contributed by atoms with Gasteiger partial charge in [0, 0.05) is 28.9 Å². The molecular weight excluding hydrogens is 386 g/mol. The lowest BCUT2D eigenvalue weighted by atomic mass is 9.75. The number of nitro benzene ring substituents is 1. The van der Waals surface area contributed by atoms with E-state index in [0.29, 0.717) is 23.4 Å². The van der Waals surface area contributed by atoms with E-state index in [1.165, 1.54) is 11.0 Å². The van der Waals surface area contributed by atoms with Gasteiger partial charge in [-0.05, 0) is 31.8 Å². The third kappa shape index (κ3) is 4.37. The number of nitrogens with two attached hydrogens (primary N) is 1. The summed E-state index contributed by atoms with van der Waals surface area (Å²) in [6.45, 7) is 9.40. The maximum absolute atomic E-state index is 13.1. The van der Waals surface area contributed by atoms with Crippen LogP contribution in [0.25, 0.3) is 0 Å². The molecule has 1 aliphatic rings. The number of amides is 2. The number of para-hydroxylation sites is 1. The molecule has 1 aromatic rings. The number of hydrogen-bond acceptors (Lipinski definition) is 5. The van der Waals surface area contributed by atoms with Crippen molar-refractivity contribution in [1.82, 2.24) is 4.90 Å². The Morgan fingerprint density at radius 2 is 1.87 bits per heavy atom. The van der Waals surface area contributed by atoms with E-state index in [0.717, 1.165) is 12.0 Å². The predicted octanol–water partition coefficient (Wildman–Crippen LogP) is 4.62. The van der Waals surface area contributed by atoms with E-state index in [1.54, 1.807) is 32.0 Å². The molecule has 2 N–H and O–H groups in total. The molecule has 0 bridgehead atoms. The largest absolute Gasteiger partial charge is 0.462 e. The number of urea groups is 1. The van der Waals surface area contributed by atoms with Crippen molar-refractivity contribution in [3.63, 3.8) is 0 Å². The maximum atomic E-state index is 13.1. The normalized spacial score (nSPS) is 16.9. The molecule has 0 spiro atoms. The molecule has 0 aliphatic carbocycles. The van der Waals surface area contributed by atoms with Crippen LogP contribution < -0.4 is 5.73 Å². The van der Waals surface area contributed by atoms with Crippen molar-refractivity contribution in [3.05, 3.63) is 62.5 Å². The smallest absolute Gasteiger partial charge is 0.336 e. The van der Waals surface area contributed by atoms with E-state index in [1.807, 2.05) is 20.8 Å². The van der Waals surface area contributed by atoms with E-state index in [4.69, 9.17) is 10.5 Å². The summed E-state index contributed by atoms with van der Waals surface area (Å²) >= 11 is 0. The predicted molar refractivity (Wildman–Crippen MR) is 113 cm³/mol. The second kappa shape index (κ2) is 9.56. The van der Waals surface area contributed by atoms with Crippen LogP contribution in [0.2, 0.25) is 0 Å². The minimum atomic E-state index is -0.719. The zero-order valence-corrected chi connectivity index (χ0v) is 18.1. The number of nitro groups is 1. The highest BCUT2D eigenvalue weighted by molar-refractivity contribution is 5.94. The molecule has 1 unspecified atom stereocenters. The number of allylic oxidation sites excluding steroid dienone is 3. The topological polar surface area (TPSA) is 116 Å². The number of benzene rings is 1. The number of ether oxygens (including phenoxy) is 1. The summed E-state index contributed by atoms with van der Waals surface area (Å²) in [5, 5.41) is 11.7. The molecule has 1 atom stereocenters. The number of rotatable bonds is 7. The fourth-order valence-electron chi connectivity index (χ4n) is 4.03. The monoisotopic (exact) mass is 415 g/mol. The lowest BCUT2D eigenvalue weighted by Gasteiger charge is -2.38. The summed E-state index contributed by atoms with van der Waals surface area (Å²) in [4.78, 5) is 37.9. The number of carbonyl (C=O) groups is 2. The summed E-state index contributed by atoms with van der Waals surface area (Å²) in [5.74, 6) is -1.42. The van der Waals surface area contributed by atoms with Crippen LogP contribution in [0.4, 0.5) is 10.5 Å². The van der Waals surface area contributed by atoms with Crippen molar-refractivity contribution < 1.29 is 19.2 Å². The summed E-state index contributed by atoms with van der Waals surface area (Å²) in [5.41, 5.74) is 7.73. The summed E-state index contributed by atoms with van der Waals surface area (Å²) < 4.78 is 5.47. The second-order valence-electron chi connectivity index (χ2n) is 7.61. The van der Waals surface area contributed by atoms with Crippen molar-refractivity contribution in [1.29, 1.82) is 0 Å². The highest BCUT2D eigenvalue weighted by Gasteiger charge is 2.41. The van der Waals surface area contributed by atoms with E-state index in [9.17, 15) is 19.7 Å². The lowest BCUT2D eigenvalue weighted by molar-refractivity contribution is -0.385. The van der Waals surface area contributed by atoms with Crippen molar-refractivity contribution >= 4 is 17.7 Å². The molecule has 0 saturated carbocycles. The Labute approximate surface area is 176 Å². The van der Waals surface area contributed by atoms with Crippen LogP contribution in [0.15, 0.2) is 46.8 Å². The van der Waals surface area contributed by atoms with Crippen LogP contribution in [0.3, 0.4) is 0 Å². The van der Waals surface area contributed by atoms with Gasteiger partial charge in [-0.2, -0.15) is 0 Å². The zero-order valence-electron chi connectivity index (χ0n) is 18.1. The van der Waals surface area contributed by atoms with E-state index in [2.05, 4.69) is 0 Å². The molecule has 0 saturated heterocycles. The number of hydrogen-bond donors (Lipinski definition) is 1. The molecule has 1 aromatic carbocycles.